The molecule has 0 bridgehead atoms. The van der Waals surface area contributed by atoms with Gasteiger partial charge in [-0.05, 0) is 37.1 Å². The molecule has 7 heteroatoms. The number of aryl methyl sites for hydroxylation is 1. The first-order valence-corrected chi connectivity index (χ1v) is 7.84. The molecule has 1 rings (SSSR count). The summed E-state index contributed by atoms with van der Waals surface area (Å²) in [6.45, 7) is 2.17. The summed E-state index contributed by atoms with van der Waals surface area (Å²) in [5, 5.41) is 7.50. The molecule has 1 amide bonds. The highest BCUT2D eigenvalue weighted by Gasteiger charge is 2.07. The smallest absolute Gasteiger partial charge is 0.251 e. The zero-order chi connectivity index (χ0) is 13.8. The second kappa shape index (κ2) is 6.31. The SMILES string of the molecule is Cc1cc(Br)cc(C(=O)NCCCS(N)(=O)=O)c1. The molecule has 0 fully saturated rings. The maximum absolute atomic E-state index is 11.8. The number of hydrogen-bond donors (Lipinski definition) is 2. The number of nitrogens with one attached hydrogen (secondary N) is 1. The lowest BCUT2D eigenvalue weighted by atomic mass is 10.1. The van der Waals surface area contributed by atoms with Crippen LogP contribution in [0.4, 0.5) is 0 Å². The highest BCUT2D eigenvalue weighted by atomic mass is 79.9. The number of nitrogens with two attached hydrogens (primary N) is 1. The van der Waals surface area contributed by atoms with Gasteiger partial charge in [0, 0.05) is 16.6 Å². The van der Waals surface area contributed by atoms with Crippen molar-refractivity contribution in [3.8, 4) is 0 Å². The average Bonchev–Trinajstić information content (AvgIpc) is 2.21. The van der Waals surface area contributed by atoms with E-state index in [1.165, 1.54) is 0 Å². The number of carbonyl (C=O) groups is 1. The van der Waals surface area contributed by atoms with E-state index in [1.54, 1.807) is 12.1 Å². The van der Waals surface area contributed by atoms with Crippen molar-refractivity contribution in [3.05, 3.63) is 33.8 Å². The van der Waals surface area contributed by atoms with Crippen LogP contribution < -0.4 is 10.5 Å². The van der Waals surface area contributed by atoms with Crippen molar-refractivity contribution >= 4 is 31.9 Å². The van der Waals surface area contributed by atoms with Gasteiger partial charge in [-0.3, -0.25) is 4.79 Å². The summed E-state index contributed by atoms with van der Waals surface area (Å²) in [5.41, 5.74) is 1.51. The number of sulfonamides is 1. The van der Waals surface area contributed by atoms with Gasteiger partial charge in [0.2, 0.25) is 10.0 Å². The molecular formula is C11H15BrN2O3S. The van der Waals surface area contributed by atoms with E-state index in [0.717, 1.165) is 10.0 Å². The van der Waals surface area contributed by atoms with Crippen LogP contribution in [0.5, 0.6) is 0 Å². The number of hydrogen-bond acceptors (Lipinski definition) is 3. The maximum Gasteiger partial charge on any atom is 0.251 e. The first-order valence-electron chi connectivity index (χ1n) is 5.34. The van der Waals surface area contributed by atoms with Crippen LogP contribution >= 0.6 is 15.9 Å². The average molecular weight is 335 g/mol. The Hall–Kier alpha value is -0.920. The zero-order valence-electron chi connectivity index (χ0n) is 9.94. The van der Waals surface area contributed by atoms with Crippen molar-refractivity contribution in [1.82, 2.24) is 5.32 Å². The van der Waals surface area contributed by atoms with Gasteiger partial charge in [-0.25, -0.2) is 13.6 Å². The van der Waals surface area contributed by atoms with Gasteiger partial charge in [-0.1, -0.05) is 15.9 Å². The van der Waals surface area contributed by atoms with Crippen LogP contribution in [-0.4, -0.2) is 26.6 Å². The largest absolute Gasteiger partial charge is 0.352 e. The lowest BCUT2D eigenvalue weighted by Gasteiger charge is -2.06. The minimum atomic E-state index is -3.46. The van der Waals surface area contributed by atoms with Crippen LogP contribution in [0.25, 0.3) is 0 Å². The lowest BCUT2D eigenvalue weighted by molar-refractivity contribution is 0.0953. The Kier molecular flexibility index (Phi) is 5.30. The van der Waals surface area contributed by atoms with E-state index in [-0.39, 0.29) is 18.2 Å². The Morgan fingerprint density at radius 2 is 2.06 bits per heavy atom. The minimum Gasteiger partial charge on any atom is -0.352 e. The Morgan fingerprint density at radius 3 is 2.61 bits per heavy atom. The fourth-order valence-electron chi connectivity index (χ4n) is 1.44. The topological polar surface area (TPSA) is 89.3 Å². The molecule has 0 saturated carbocycles. The van der Waals surface area contributed by atoms with Gasteiger partial charge >= 0.3 is 0 Å². The molecule has 1 aromatic rings. The molecule has 5 nitrogen and oxygen atoms in total. The monoisotopic (exact) mass is 334 g/mol. The van der Waals surface area contributed by atoms with Crippen LogP contribution in [0.1, 0.15) is 22.3 Å². The van der Waals surface area contributed by atoms with Gasteiger partial charge < -0.3 is 5.32 Å². The van der Waals surface area contributed by atoms with Gasteiger partial charge in [-0.15, -0.1) is 0 Å². The molecule has 0 radical (unpaired) electrons. The highest BCUT2D eigenvalue weighted by Crippen LogP contribution is 2.15. The molecule has 0 heterocycles. The van der Waals surface area contributed by atoms with Crippen molar-refractivity contribution in [3.63, 3.8) is 0 Å². The van der Waals surface area contributed by atoms with E-state index in [4.69, 9.17) is 5.14 Å². The van der Waals surface area contributed by atoms with Gasteiger partial charge in [0.15, 0.2) is 0 Å². The van der Waals surface area contributed by atoms with Crippen molar-refractivity contribution in [2.45, 2.75) is 13.3 Å². The normalized spacial score (nSPS) is 11.3. The maximum atomic E-state index is 11.8. The van der Waals surface area contributed by atoms with E-state index in [9.17, 15) is 13.2 Å². The molecule has 3 N–H and O–H groups in total. The van der Waals surface area contributed by atoms with E-state index >= 15 is 0 Å². The molecule has 0 aliphatic carbocycles. The van der Waals surface area contributed by atoms with E-state index in [1.807, 2.05) is 13.0 Å². The summed E-state index contributed by atoms with van der Waals surface area (Å²) < 4.78 is 22.2. The summed E-state index contributed by atoms with van der Waals surface area (Å²) in [6, 6.07) is 5.37. The first kappa shape index (κ1) is 15.1. The molecule has 1 aromatic carbocycles. The van der Waals surface area contributed by atoms with E-state index in [0.29, 0.717) is 12.0 Å². The molecule has 0 spiro atoms. The molecule has 0 saturated heterocycles. The van der Waals surface area contributed by atoms with Crippen LogP contribution in [0.3, 0.4) is 0 Å². The predicted molar refractivity (Wildman–Crippen MR) is 73.8 cm³/mol. The number of primary sulfonamides is 1. The fraction of sp³-hybridized carbons (Fsp3) is 0.364. The van der Waals surface area contributed by atoms with Crippen molar-refractivity contribution < 1.29 is 13.2 Å². The fourth-order valence-corrected chi connectivity index (χ4v) is 2.60. The number of rotatable bonds is 5. The molecule has 0 aliphatic heterocycles. The van der Waals surface area contributed by atoms with Crippen molar-refractivity contribution in [2.75, 3.05) is 12.3 Å². The van der Waals surface area contributed by atoms with Crippen molar-refractivity contribution in [1.29, 1.82) is 0 Å². The van der Waals surface area contributed by atoms with Gasteiger partial charge in [-0.2, -0.15) is 0 Å². The Labute approximate surface area is 115 Å². The van der Waals surface area contributed by atoms with Crippen LogP contribution in [0, 0.1) is 6.92 Å². The Morgan fingerprint density at radius 1 is 1.39 bits per heavy atom. The molecule has 0 aliphatic rings. The summed E-state index contributed by atoms with van der Waals surface area (Å²) in [7, 11) is -3.46. The van der Waals surface area contributed by atoms with E-state index in [2.05, 4.69) is 21.2 Å². The Bertz CT molecular complexity index is 523. The second-order valence-corrected chi connectivity index (χ2v) is 6.64. The molecule has 0 unspecified atom stereocenters. The standard InChI is InChI=1S/C11H15BrN2O3S/c1-8-5-9(7-10(12)6-8)11(15)14-3-2-4-18(13,16)17/h5-7H,2-4H2,1H3,(H,14,15)(H2,13,16,17). The summed E-state index contributed by atoms with van der Waals surface area (Å²) >= 11 is 3.31. The quantitative estimate of drug-likeness (QED) is 0.792. The second-order valence-electron chi connectivity index (χ2n) is 3.99. The van der Waals surface area contributed by atoms with Crippen LogP contribution in [0.2, 0.25) is 0 Å². The zero-order valence-corrected chi connectivity index (χ0v) is 12.3. The van der Waals surface area contributed by atoms with Gasteiger partial charge in [0.05, 0.1) is 5.75 Å². The van der Waals surface area contributed by atoms with Crippen LogP contribution in [-0.2, 0) is 10.0 Å². The minimum absolute atomic E-state index is 0.134. The van der Waals surface area contributed by atoms with Crippen molar-refractivity contribution in [2.24, 2.45) is 5.14 Å². The number of benzene rings is 1. The summed E-state index contributed by atoms with van der Waals surface area (Å²) in [4.78, 5) is 11.8. The molecular weight excluding hydrogens is 320 g/mol. The molecule has 0 aromatic heterocycles. The third kappa shape index (κ3) is 5.61. The van der Waals surface area contributed by atoms with E-state index < -0.39 is 10.0 Å². The summed E-state index contributed by atoms with van der Waals surface area (Å²) in [6.07, 6.45) is 0.303. The highest BCUT2D eigenvalue weighted by molar-refractivity contribution is 9.10. The molecule has 0 atom stereocenters. The number of halogens is 1. The first-order chi connectivity index (χ1) is 8.28. The van der Waals surface area contributed by atoms with Gasteiger partial charge in [0.25, 0.3) is 5.91 Å². The third-order valence-electron chi connectivity index (χ3n) is 2.20. The molecule has 18 heavy (non-hydrogen) atoms. The number of carbonyl (C=O) groups excluding carboxylic acids is 1. The molecule has 100 valence electrons. The van der Waals surface area contributed by atoms with Gasteiger partial charge in [0.1, 0.15) is 0 Å². The lowest BCUT2D eigenvalue weighted by Crippen LogP contribution is -2.27. The predicted octanol–water partition coefficient (Wildman–Crippen LogP) is 1.17. The van der Waals surface area contributed by atoms with Crippen LogP contribution in [0.15, 0.2) is 22.7 Å². The number of amides is 1. The summed E-state index contributed by atoms with van der Waals surface area (Å²) in [5.74, 6) is -0.362. The third-order valence-corrected chi connectivity index (χ3v) is 3.51. The Balaban J connectivity index is 2.51.